The van der Waals surface area contributed by atoms with Gasteiger partial charge in [-0.1, -0.05) is 38.5 Å². The van der Waals surface area contributed by atoms with Gasteiger partial charge < -0.3 is 4.74 Å². The third-order valence-electron chi connectivity index (χ3n) is 4.13. The summed E-state index contributed by atoms with van der Waals surface area (Å²) in [6, 6.07) is 6.81. The first-order valence-corrected chi connectivity index (χ1v) is 7.50. The number of aryl methyl sites for hydroxylation is 1. The Morgan fingerprint density at radius 2 is 2.11 bits per heavy atom. The standard InChI is InChI=1S/C18H26O/c1-4-5-6-7-8-9-15-10-11-16-17(14-15)19-13-12-18(16,2)3/h4,10-11,14H,1,5-9,12-13H2,2-3H3. The predicted molar refractivity (Wildman–Crippen MR) is 81.9 cm³/mol. The van der Waals surface area contributed by atoms with E-state index in [0.717, 1.165) is 31.6 Å². The molecule has 0 aromatic heterocycles. The number of allylic oxidation sites excluding steroid dienone is 1. The molecule has 0 saturated heterocycles. The van der Waals surface area contributed by atoms with Crippen molar-refractivity contribution in [1.82, 2.24) is 0 Å². The van der Waals surface area contributed by atoms with Crippen LogP contribution in [0.4, 0.5) is 0 Å². The Kier molecular flexibility index (Phi) is 4.68. The maximum Gasteiger partial charge on any atom is 0.123 e. The maximum atomic E-state index is 5.83. The smallest absolute Gasteiger partial charge is 0.123 e. The number of ether oxygens (including phenoxy) is 1. The Hall–Kier alpha value is -1.24. The topological polar surface area (TPSA) is 9.23 Å². The first-order valence-electron chi connectivity index (χ1n) is 7.50. The molecule has 1 heterocycles. The summed E-state index contributed by atoms with van der Waals surface area (Å²) in [5.74, 6) is 1.11. The van der Waals surface area contributed by atoms with Gasteiger partial charge in [0, 0.05) is 0 Å². The van der Waals surface area contributed by atoms with E-state index in [2.05, 4.69) is 38.6 Å². The summed E-state index contributed by atoms with van der Waals surface area (Å²) in [6.07, 6.45) is 9.23. The lowest BCUT2D eigenvalue weighted by molar-refractivity contribution is 0.234. The minimum atomic E-state index is 0.260. The molecule has 1 nitrogen and oxygen atoms in total. The average molecular weight is 258 g/mol. The molecule has 2 rings (SSSR count). The molecule has 0 saturated carbocycles. The summed E-state index contributed by atoms with van der Waals surface area (Å²) in [5.41, 5.74) is 3.04. The van der Waals surface area contributed by atoms with Crippen molar-refractivity contribution < 1.29 is 4.74 Å². The summed E-state index contributed by atoms with van der Waals surface area (Å²) in [4.78, 5) is 0. The van der Waals surface area contributed by atoms with Crippen LogP contribution in [0, 0.1) is 0 Å². The van der Waals surface area contributed by atoms with E-state index in [4.69, 9.17) is 4.74 Å². The van der Waals surface area contributed by atoms with Crippen LogP contribution in [0.3, 0.4) is 0 Å². The van der Waals surface area contributed by atoms with Crippen LogP contribution in [-0.4, -0.2) is 6.61 Å². The molecule has 0 unspecified atom stereocenters. The minimum Gasteiger partial charge on any atom is -0.493 e. The van der Waals surface area contributed by atoms with Crippen molar-refractivity contribution in [1.29, 1.82) is 0 Å². The first-order chi connectivity index (χ1) is 9.13. The van der Waals surface area contributed by atoms with E-state index in [-0.39, 0.29) is 5.41 Å². The third-order valence-corrected chi connectivity index (χ3v) is 4.13. The van der Waals surface area contributed by atoms with Crippen LogP contribution in [0.5, 0.6) is 5.75 Å². The monoisotopic (exact) mass is 258 g/mol. The lowest BCUT2D eigenvalue weighted by Crippen LogP contribution is -2.26. The van der Waals surface area contributed by atoms with Crippen LogP contribution < -0.4 is 4.74 Å². The fraction of sp³-hybridized carbons (Fsp3) is 0.556. The summed E-state index contributed by atoms with van der Waals surface area (Å²) in [7, 11) is 0. The number of unbranched alkanes of at least 4 members (excludes halogenated alkanes) is 3. The largest absolute Gasteiger partial charge is 0.493 e. The Morgan fingerprint density at radius 3 is 2.89 bits per heavy atom. The van der Waals surface area contributed by atoms with Crippen LogP contribution in [0.1, 0.15) is 57.1 Å². The Labute approximate surface area is 117 Å². The van der Waals surface area contributed by atoms with Gasteiger partial charge in [0.15, 0.2) is 0 Å². The summed E-state index contributed by atoms with van der Waals surface area (Å²) in [6.45, 7) is 9.23. The zero-order valence-electron chi connectivity index (χ0n) is 12.4. The molecule has 0 amide bonds. The van der Waals surface area contributed by atoms with Gasteiger partial charge in [-0.2, -0.15) is 0 Å². The van der Waals surface area contributed by atoms with E-state index >= 15 is 0 Å². The highest BCUT2D eigenvalue weighted by Gasteiger charge is 2.28. The molecule has 0 bridgehead atoms. The molecule has 1 aliphatic rings. The highest BCUT2D eigenvalue weighted by Crippen LogP contribution is 2.38. The van der Waals surface area contributed by atoms with Crippen molar-refractivity contribution in [3.8, 4) is 5.75 Å². The fourth-order valence-electron chi connectivity index (χ4n) is 2.75. The molecule has 0 radical (unpaired) electrons. The van der Waals surface area contributed by atoms with Crippen molar-refractivity contribution >= 4 is 0 Å². The third kappa shape index (κ3) is 3.62. The van der Waals surface area contributed by atoms with Crippen molar-refractivity contribution in [3.05, 3.63) is 42.0 Å². The molecule has 1 aromatic rings. The fourth-order valence-corrected chi connectivity index (χ4v) is 2.75. The summed E-state index contributed by atoms with van der Waals surface area (Å²) < 4.78 is 5.83. The van der Waals surface area contributed by atoms with E-state index in [9.17, 15) is 0 Å². The highest BCUT2D eigenvalue weighted by molar-refractivity contribution is 5.43. The predicted octanol–water partition coefficient (Wildman–Crippen LogP) is 5.04. The lowest BCUT2D eigenvalue weighted by Gasteiger charge is -2.32. The van der Waals surface area contributed by atoms with Gasteiger partial charge in [-0.3, -0.25) is 0 Å². The van der Waals surface area contributed by atoms with Crippen LogP contribution in [0.25, 0.3) is 0 Å². The van der Waals surface area contributed by atoms with Gasteiger partial charge in [0.25, 0.3) is 0 Å². The van der Waals surface area contributed by atoms with Crippen molar-refractivity contribution in [2.75, 3.05) is 6.61 Å². The van der Waals surface area contributed by atoms with Crippen molar-refractivity contribution in [2.24, 2.45) is 0 Å². The van der Waals surface area contributed by atoms with Gasteiger partial charge in [-0.15, -0.1) is 6.58 Å². The van der Waals surface area contributed by atoms with E-state index < -0.39 is 0 Å². The van der Waals surface area contributed by atoms with Crippen LogP contribution in [0.15, 0.2) is 30.9 Å². The van der Waals surface area contributed by atoms with Gasteiger partial charge in [0.2, 0.25) is 0 Å². The van der Waals surface area contributed by atoms with Crippen LogP contribution in [-0.2, 0) is 11.8 Å². The summed E-state index contributed by atoms with van der Waals surface area (Å²) in [5, 5.41) is 0. The SMILES string of the molecule is C=CCCCCCc1ccc2c(c1)OCCC2(C)C. The molecule has 104 valence electrons. The van der Waals surface area contributed by atoms with Gasteiger partial charge in [0.1, 0.15) is 5.75 Å². The van der Waals surface area contributed by atoms with Gasteiger partial charge in [-0.25, -0.2) is 0 Å². The number of fused-ring (bicyclic) bond motifs is 1. The van der Waals surface area contributed by atoms with E-state index in [0.29, 0.717) is 0 Å². The molecule has 1 aromatic carbocycles. The second kappa shape index (κ2) is 6.27. The molecule has 0 N–H and O–H groups in total. The van der Waals surface area contributed by atoms with Gasteiger partial charge >= 0.3 is 0 Å². The molecule has 1 aliphatic heterocycles. The number of hydrogen-bond acceptors (Lipinski definition) is 1. The van der Waals surface area contributed by atoms with E-state index in [1.54, 1.807) is 0 Å². The molecule has 0 fully saturated rings. The van der Waals surface area contributed by atoms with Crippen LogP contribution >= 0.6 is 0 Å². The Balaban J connectivity index is 1.95. The molecule has 0 spiro atoms. The first kappa shape index (κ1) is 14.2. The quantitative estimate of drug-likeness (QED) is 0.513. The highest BCUT2D eigenvalue weighted by atomic mass is 16.5. The number of hydrogen-bond donors (Lipinski definition) is 0. The minimum absolute atomic E-state index is 0.260. The summed E-state index contributed by atoms with van der Waals surface area (Å²) >= 11 is 0. The Bertz CT molecular complexity index is 431. The maximum absolute atomic E-state index is 5.83. The van der Waals surface area contributed by atoms with E-state index in [1.165, 1.54) is 30.4 Å². The zero-order chi connectivity index (χ0) is 13.7. The zero-order valence-corrected chi connectivity index (χ0v) is 12.4. The van der Waals surface area contributed by atoms with Crippen molar-refractivity contribution in [2.45, 2.75) is 57.8 Å². The molecular formula is C18H26O. The molecule has 19 heavy (non-hydrogen) atoms. The molecule has 0 atom stereocenters. The van der Waals surface area contributed by atoms with Gasteiger partial charge in [-0.05, 0) is 54.7 Å². The Morgan fingerprint density at radius 1 is 1.26 bits per heavy atom. The lowest BCUT2D eigenvalue weighted by atomic mass is 9.79. The van der Waals surface area contributed by atoms with Crippen molar-refractivity contribution in [3.63, 3.8) is 0 Å². The number of benzene rings is 1. The normalized spacial score (nSPS) is 16.5. The van der Waals surface area contributed by atoms with Crippen LogP contribution in [0.2, 0.25) is 0 Å². The number of rotatable bonds is 6. The molecule has 0 aliphatic carbocycles. The average Bonchev–Trinajstić information content (AvgIpc) is 2.38. The molecule has 1 heteroatoms. The second-order valence-corrected chi connectivity index (χ2v) is 6.20. The van der Waals surface area contributed by atoms with Gasteiger partial charge in [0.05, 0.1) is 6.61 Å². The molecular weight excluding hydrogens is 232 g/mol. The second-order valence-electron chi connectivity index (χ2n) is 6.20. The van der Waals surface area contributed by atoms with E-state index in [1.807, 2.05) is 6.08 Å².